The number of hydrogen-bond donors (Lipinski definition) is 0. The van der Waals surface area contributed by atoms with Crippen molar-refractivity contribution in [2.75, 3.05) is 0 Å². The lowest BCUT2D eigenvalue weighted by atomic mass is 10.2. The van der Waals surface area contributed by atoms with Crippen LogP contribution in [0.1, 0.15) is 76.4 Å². The van der Waals surface area contributed by atoms with E-state index in [2.05, 4.69) is 72.4 Å². The molecule has 0 unspecified atom stereocenters. The Kier molecular flexibility index (Phi) is 9.98. The molecule has 3 aromatic heterocycles. The van der Waals surface area contributed by atoms with Crippen molar-refractivity contribution in [1.82, 2.24) is 45.0 Å². The van der Waals surface area contributed by atoms with Gasteiger partial charge >= 0.3 is 0 Å². The van der Waals surface area contributed by atoms with Crippen LogP contribution in [-0.4, -0.2) is 45.0 Å². The van der Waals surface area contributed by atoms with E-state index in [4.69, 9.17) is 0 Å². The number of rotatable bonds is 5. The summed E-state index contributed by atoms with van der Waals surface area (Å²) in [5.74, 6) is 1.00. The molecule has 0 N–H and O–H groups in total. The molecular weight excluding hydrogens is 481 g/mol. The highest BCUT2D eigenvalue weighted by Gasteiger charge is 2.06. The molecule has 0 spiro atoms. The van der Waals surface area contributed by atoms with Crippen LogP contribution < -0.4 is 0 Å². The second-order valence-electron chi connectivity index (χ2n) is 9.74. The maximum atomic E-state index is 12.7. The summed E-state index contributed by atoms with van der Waals surface area (Å²) in [6.07, 6.45) is 5.64. The molecule has 5 rings (SSSR count). The minimum absolute atomic E-state index is 0.255. The standard InChI is InChI=1S/C11H12FN3.C11H13N3.C6H11N3/c1-8(2)11-7-13-15(14-11)10-5-3-9(12)4-6-10;1-9(2)11-8-14(13-12-11)10-6-4-3-5-7-10;1-5(2)6-4-9(3)8-7-6/h3-8H,1-2H3;3-9H,1-2H3;4-5H,1-3H3. The fourth-order valence-electron chi connectivity index (χ4n) is 3.12. The number of aryl methyl sites for hydroxylation is 1. The van der Waals surface area contributed by atoms with Gasteiger partial charge in [-0.25, -0.2) is 9.07 Å². The van der Waals surface area contributed by atoms with Crippen molar-refractivity contribution in [3.8, 4) is 11.4 Å². The first-order valence-corrected chi connectivity index (χ1v) is 12.7. The Labute approximate surface area is 223 Å². The van der Waals surface area contributed by atoms with Crippen molar-refractivity contribution in [3.05, 3.63) is 96.1 Å². The summed E-state index contributed by atoms with van der Waals surface area (Å²) < 4.78 is 16.2. The van der Waals surface area contributed by atoms with Crippen molar-refractivity contribution in [2.45, 2.75) is 59.3 Å². The van der Waals surface area contributed by atoms with Gasteiger partial charge in [-0.3, -0.25) is 4.68 Å². The minimum atomic E-state index is -0.255. The molecule has 0 saturated heterocycles. The number of aromatic nitrogens is 9. The Hall–Kier alpha value is -4.21. The molecule has 0 amide bonds. The van der Waals surface area contributed by atoms with Crippen molar-refractivity contribution in [1.29, 1.82) is 0 Å². The van der Waals surface area contributed by atoms with Gasteiger partial charge in [-0.1, -0.05) is 70.2 Å². The van der Waals surface area contributed by atoms with Gasteiger partial charge in [-0.15, -0.1) is 10.2 Å². The number of benzene rings is 2. The highest BCUT2D eigenvalue weighted by Crippen LogP contribution is 2.13. The molecule has 0 aliphatic carbocycles. The Morgan fingerprint density at radius 3 is 1.71 bits per heavy atom. The van der Waals surface area contributed by atoms with Crippen LogP contribution in [0.4, 0.5) is 4.39 Å². The van der Waals surface area contributed by atoms with Crippen LogP contribution in [0.25, 0.3) is 11.4 Å². The molecule has 9 nitrogen and oxygen atoms in total. The maximum absolute atomic E-state index is 12.7. The van der Waals surface area contributed by atoms with E-state index in [9.17, 15) is 4.39 Å². The Morgan fingerprint density at radius 2 is 1.24 bits per heavy atom. The molecule has 0 atom stereocenters. The third-order valence-electron chi connectivity index (χ3n) is 5.49. The van der Waals surface area contributed by atoms with E-state index in [0.29, 0.717) is 17.8 Å². The maximum Gasteiger partial charge on any atom is 0.123 e. The summed E-state index contributed by atoms with van der Waals surface area (Å²) in [4.78, 5) is 1.51. The van der Waals surface area contributed by atoms with Gasteiger partial charge < -0.3 is 0 Å². The first-order valence-electron chi connectivity index (χ1n) is 12.7. The van der Waals surface area contributed by atoms with Crippen LogP contribution in [0, 0.1) is 5.82 Å². The van der Waals surface area contributed by atoms with Gasteiger partial charge in [0.05, 0.1) is 40.9 Å². The largest absolute Gasteiger partial charge is 0.255 e. The molecule has 10 heteroatoms. The normalized spacial score (nSPS) is 10.8. The molecule has 3 heterocycles. The molecular formula is C28H36FN9. The first-order chi connectivity index (χ1) is 18.1. The zero-order valence-electron chi connectivity index (χ0n) is 23.1. The van der Waals surface area contributed by atoms with Gasteiger partial charge in [0.25, 0.3) is 0 Å². The predicted octanol–water partition coefficient (Wildman–Crippen LogP) is 5.86. The Balaban J connectivity index is 0.000000163. The average Bonchev–Trinajstić information content (AvgIpc) is 3.67. The van der Waals surface area contributed by atoms with Crippen molar-refractivity contribution in [3.63, 3.8) is 0 Å². The summed E-state index contributed by atoms with van der Waals surface area (Å²) in [5.41, 5.74) is 4.82. The fraction of sp³-hybridized carbons (Fsp3) is 0.357. The SMILES string of the molecule is CC(C)c1cn(-c2ccccc2)nn1.CC(C)c1cn(C)nn1.CC(C)c1cnn(-c2ccc(F)cc2)n1. The molecule has 0 bridgehead atoms. The monoisotopic (exact) mass is 517 g/mol. The van der Waals surface area contributed by atoms with Gasteiger partial charge in [0.15, 0.2) is 0 Å². The predicted molar refractivity (Wildman–Crippen MR) is 146 cm³/mol. The van der Waals surface area contributed by atoms with Crippen LogP contribution in [-0.2, 0) is 7.05 Å². The lowest BCUT2D eigenvalue weighted by molar-refractivity contribution is 0.625. The van der Waals surface area contributed by atoms with Gasteiger partial charge in [0.2, 0.25) is 0 Å². The fourth-order valence-corrected chi connectivity index (χ4v) is 3.12. The van der Waals surface area contributed by atoms with E-state index in [1.807, 2.05) is 49.8 Å². The van der Waals surface area contributed by atoms with Gasteiger partial charge in [0, 0.05) is 13.2 Å². The smallest absolute Gasteiger partial charge is 0.123 e. The summed E-state index contributed by atoms with van der Waals surface area (Å²) in [5, 5.41) is 24.3. The summed E-state index contributed by atoms with van der Waals surface area (Å²) in [6.45, 7) is 12.5. The van der Waals surface area contributed by atoms with Gasteiger partial charge in [0.1, 0.15) is 5.82 Å². The zero-order chi connectivity index (χ0) is 27.7. The molecule has 5 aromatic rings. The third-order valence-corrected chi connectivity index (χ3v) is 5.49. The molecule has 0 radical (unpaired) electrons. The number of para-hydroxylation sites is 1. The quantitative estimate of drug-likeness (QED) is 0.290. The second-order valence-corrected chi connectivity index (χ2v) is 9.74. The highest BCUT2D eigenvalue weighted by atomic mass is 19.1. The highest BCUT2D eigenvalue weighted by molar-refractivity contribution is 5.30. The van der Waals surface area contributed by atoms with E-state index >= 15 is 0 Å². The Morgan fingerprint density at radius 1 is 0.658 bits per heavy atom. The number of halogens is 1. The van der Waals surface area contributed by atoms with E-state index < -0.39 is 0 Å². The molecule has 0 saturated carbocycles. The third kappa shape index (κ3) is 8.16. The van der Waals surface area contributed by atoms with Crippen LogP contribution in [0.2, 0.25) is 0 Å². The van der Waals surface area contributed by atoms with E-state index in [1.165, 1.54) is 16.9 Å². The van der Waals surface area contributed by atoms with Crippen LogP contribution in [0.3, 0.4) is 0 Å². The van der Waals surface area contributed by atoms with E-state index in [1.54, 1.807) is 27.7 Å². The lowest BCUT2D eigenvalue weighted by Crippen LogP contribution is -1.99. The second kappa shape index (κ2) is 13.4. The van der Waals surface area contributed by atoms with Crippen LogP contribution >= 0.6 is 0 Å². The molecule has 200 valence electrons. The van der Waals surface area contributed by atoms with Gasteiger partial charge in [-0.05, 0) is 54.2 Å². The zero-order valence-corrected chi connectivity index (χ0v) is 23.1. The summed E-state index contributed by atoms with van der Waals surface area (Å²) in [6, 6.07) is 16.1. The number of nitrogens with zero attached hydrogens (tertiary/aromatic N) is 9. The lowest BCUT2D eigenvalue weighted by Gasteiger charge is -1.99. The molecule has 0 aliphatic rings. The van der Waals surface area contributed by atoms with E-state index in [-0.39, 0.29) is 5.82 Å². The van der Waals surface area contributed by atoms with Crippen LogP contribution in [0.15, 0.2) is 73.2 Å². The van der Waals surface area contributed by atoms with E-state index in [0.717, 1.165) is 28.5 Å². The van der Waals surface area contributed by atoms with Crippen molar-refractivity contribution in [2.24, 2.45) is 7.05 Å². The van der Waals surface area contributed by atoms with Crippen molar-refractivity contribution < 1.29 is 4.39 Å². The van der Waals surface area contributed by atoms with Gasteiger partial charge in [-0.2, -0.15) is 15.0 Å². The van der Waals surface area contributed by atoms with Crippen molar-refractivity contribution >= 4 is 0 Å². The first kappa shape index (κ1) is 28.4. The molecule has 0 fully saturated rings. The average molecular weight is 518 g/mol. The molecule has 2 aromatic carbocycles. The summed E-state index contributed by atoms with van der Waals surface area (Å²) in [7, 11) is 1.87. The molecule has 38 heavy (non-hydrogen) atoms. The molecule has 0 aliphatic heterocycles. The minimum Gasteiger partial charge on any atom is -0.255 e. The number of hydrogen-bond acceptors (Lipinski definition) is 6. The summed E-state index contributed by atoms with van der Waals surface area (Å²) >= 11 is 0. The topological polar surface area (TPSA) is 92.1 Å². The van der Waals surface area contributed by atoms with Crippen LogP contribution in [0.5, 0.6) is 0 Å². The Bertz CT molecular complexity index is 1370.